The molecule has 0 amide bonds. The molecule has 0 bridgehead atoms. The molecule has 0 radical (unpaired) electrons. The van der Waals surface area contributed by atoms with E-state index in [0.717, 1.165) is 18.6 Å². The Hall–Kier alpha value is -0.260. The number of hydrogen-bond acceptors (Lipinski definition) is 5. The van der Waals surface area contributed by atoms with Crippen LogP contribution in [0.2, 0.25) is 0 Å². The number of thioether (sulfide) groups is 1. The Morgan fingerprint density at radius 3 is 2.59 bits per heavy atom. The zero-order valence-electron chi connectivity index (χ0n) is 10.8. The molecule has 1 fully saturated rings. The lowest BCUT2D eigenvalue weighted by Crippen LogP contribution is -2.40. The minimum absolute atomic E-state index is 0.0402. The third-order valence-electron chi connectivity index (χ3n) is 2.87. The van der Waals surface area contributed by atoms with Gasteiger partial charge in [-0.3, -0.25) is 4.79 Å². The van der Waals surface area contributed by atoms with Crippen molar-refractivity contribution in [3.8, 4) is 0 Å². The largest absolute Gasteiger partial charge is 0.461 e. The lowest BCUT2D eigenvalue weighted by molar-refractivity contribution is -0.161. The van der Waals surface area contributed by atoms with Gasteiger partial charge in [-0.15, -0.1) is 0 Å². The van der Waals surface area contributed by atoms with Gasteiger partial charge in [0.05, 0.1) is 12.2 Å². The van der Waals surface area contributed by atoms with Crippen LogP contribution in [0.25, 0.3) is 0 Å². The summed E-state index contributed by atoms with van der Waals surface area (Å²) in [6.07, 6.45) is 4.48. The summed E-state index contributed by atoms with van der Waals surface area (Å²) in [4.78, 5) is 11.7. The highest BCUT2D eigenvalue weighted by Crippen LogP contribution is 2.22. The Balaban J connectivity index is 2.34. The molecule has 4 nitrogen and oxygen atoms in total. The van der Waals surface area contributed by atoms with Gasteiger partial charge >= 0.3 is 5.97 Å². The third kappa shape index (κ3) is 5.27. The summed E-state index contributed by atoms with van der Waals surface area (Å²) in [6, 6.07) is -0.490. The maximum Gasteiger partial charge on any atom is 0.323 e. The number of rotatable bonds is 5. The van der Waals surface area contributed by atoms with Gasteiger partial charge in [0, 0.05) is 12.8 Å². The lowest BCUT2D eigenvalue weighted by Gasteiger charge is -2.32. The maximum absolute atomic E-state index is 11.7. The van der Waals surface area contributed by atoms with Gasteiger partial charge in [-0.05, 0) is 32.3 Å². The van der Waals surface area contributed by atoms with Crippen LogP contribution in [0, 0.1) is 0 Å². The fourth-order valence-corrected chi connectivity index (χ4v) is 2.54. The molecule has 0 saturated carbocycles. The van der Waals surface area contributed by atoms with Crippen molar-refractivity contribution in [1.82, 2.24) is 0 Å². The van der Waals surface area contributed by atoms with Crippen LogP contribution in [0.5, 0.6) is 0 Å². The molecule has 0 aromatic carbocycles. The summed E-state index contributed by atoms with van der Waals surface area (Å²) in [7, 11) is 0. The van der Waals surface area contributed by atoms with E-state index in [4.69, 9.17) is 15.2 Å². The van der Waals surface area contributed by atoms with E-state index in [0.29, 0.717) is 6.42 Å². The van der Waals surface area contributed by atoms with Gasteiger partial charge in [-0.1, -0.05) is 0 Å². The number of esters is 1. The number of nitrogens with two attached hydrogens (primary N) is 1. The fourth-order valence-electron chi connectivity index (χ4n) is 2.05. The second kappa shape index (κ2) is 7.24. The summed E-state index contributed by atoms with van der Waals surface area (Å²) >= 11 is 1.69. The van der Waals surface area contributed by atoms with Gasteiger partial charge in [0.1, 0.15) is 12.1 Å². The molecular formula is C12H23NO3S. The Morgan fingerprint density at radius 1 is 1.47 bits per heavy atom. The summed E-state index contributed by atoms with van der Waals surface area (Å²) in [5.41, 5.74) is 5.77. The minimum Gasteiger partial charge on any atom is -0.461 e. The number of ether oxygens (including phenoxy) is 2. The first-order chi connectivity index (χ1) is 8.02. The van der Waals surface area contributed by atoms with Crippen LogP contribution in [0.15, 0.2) is 0 Å². The van der Waals surface area contributed by atoms with Crippen molar-refractivity contribution in [2.24, 2.45) is 5.73 Å². The first-order valence-corrected chi connectivity index (χ1v) is 7.52. The van der Waals surface area contributed by atoms with Crippen LogP contribution >= 0.6 is 11.8 Å². The highest BCUT2D eigenvalue weighted by molar-refractivity contribution is 7.98. The van der Waals surface area contributed by atoms with E-state index in [1.165, 1.54) is 0 Å². The molecule has 0 aromatic rings. The molecule has 1 heterocycles. The van der Waals surface area contributed by atoms with Crippen molar-refractivity contribution in [3.05, 3.63) is 0 Å². The molecule has 3 atom stereocenters. The smallest absolute Gasteiger partial charge is 0.323 e. The SMILES string of the molecule is CSCCC(N)C(=O)OC1CC(C)OC(C)C1. The third-order valence-corrected chi connectivity index (χ3v) is 3.52. The van der Waals surface area contributed by atoms with Gasteiger partial charge in [0.2, 0.25) is 0 Å². The fraction of sp³-hybridized carbons (Fsp3) is 0.917. The molecule has 0 spiro atoms. The zero-order valence-corrected chi connectivity index (χ0v) is 11.7. The van der Waals surface area contributed by atoms with E-state index in [1.807, 2.05) is 20.1 Å². The van der Waals surface area contributed by atoms with E-state index in [-0.39, 0.29) is 24.3 Å². The molecule has 3 unspecified atom stereocenters. The van der Waals surface area contributed by atoms with Crippen LogP contribution in [0.4, 0.5) is 0 Å². The van der Waals surface area contributed by atoms with Crippen LogP contribution in [-0.2, 0) is 14.3 Å². The molecule has 17 heavy (non-hydrogen) atoms. The average Bonchev–Trinajstić information content (AvgIpc) is 2.24. The number of carbonyl (C=O) groups excluding carboxylic acids is 1. The van der Waals surface area contributed by atoms with Crippen molar-refractivity contribution < 1.29 is 14.3 Å². The summed E-state index contributed by atoms with van der Waals surface area (Å²) < 4.78 is 11.0. The quantitative estimate of drug-likeness (QED) is 0.761. The molecule has 2 N–H and O–H groups in total. The molecular weight excluding hydrogens is 238 g/mol. The predicted molar refractivity (Wildman–Crippen MR) is 70.1 cm³/mol. The van der Waals surface area contributed by atoms with Gasteiger partial charge in [-0.2, -0.15) is 11.8 Å². The van der Waals surface area contributed by atoms with Gasteiger partial charge in [0.15, 0.2) is 0 Å². The molecule has 1 aliphatic heterocycles. The van der Waals surface area contributed by atoms with E-state index in [9.17, 15) is 4.79 Å². The first kappa shape index (κ1) is 14.8. The Bertz CT molecular complexity index is 240. The Morgan fingerprint density at radius 2 is 2.06 bits per heavy atom. The van der Waals surface area contributed by atoms with E-state index < -0.39 is 6.04 Å². The van der Waals surface area contributed by atoms with Gasteiger partial charge in [0.25, 0.3) is 0 Å². The van der Waals surface area contributed by atoms with Crippen LogP contribution < -0.4 is 5.73 Å². The minimum atomic E-state index is -0.490. The van der Waals surface area contributed by atoms with Crippen molar-refractivity contribution in [1.29, 1.82) is 0 Å². The average molecular weight is 261 g/mol. The second-order valence-corrected chi connectivity index (χ2v) is 5.66. The number of carbonyl (C=O) groups is 1. The van der Waals surface area contributed by atoms with E-state index in [1.54, 1.807) is 11.8 Å². The van der Waals surface area contributed by atoms with Gasteiger partial charge < -0.3 is 15.2 Å². The van der Waals surface area contributed by atoms with E-state index >= 15 is 0 Å². The molecule has 100 valence electrons. The zero-order chi connectivity index (χ0) is 12.8. The highest BCUT2D eigenvalue weighted by Gasteiger charge is 2.28. The second-order valence-electron chi connectivity index (χ2n) is 4.68. The molecule has 1 rings (SSSR count). The predicted octanol–water partition coefficient (Wildman–Crippen LogP) is 1.57. The lowest BCUT2D eigenvalue weighted by atomic mass is 10.0. The van der Waals surface area contributed by atoms with Crippen LogP contribution in [0.1, 0.15) is 33.1 Å². The van der Waals surface area contributed by atoms with Crippen LogP contribution in [-0.4, -0.2) is 42.3 Å². The highest BCUT2D eigenvalue weighted by atomic mass is 32.2. The maximum atomic E-state index is 11.7. The number of hydrogen-bond donors (Lipinski definition) is 1. The summed E-state index contributed by atoms with van der Waals surface area (Å²) in [5.74, 6) is 0.613. The van der Waals surface area contributed by atoms with E-state index in [2.05, 4.69) is 0 Å². The monoisotopic (exact) mass is 261 g/mol. The van der Waals surface area contributed by atoms with Crippen molar-refractivity contribution in [2.45, 2.75) is 57.5 Å². The summed E-state index contributed by atoms with van der Waals surface area (Å²) in [6.45, 7) is 4.01. The first-order valence-electron chi connectivity index (χ1n) is 6.13. The van der Waals surface area contributed by atoms with Crippen molar-refractivity contribution >= 4 is 17.7 Å². The summed E-state index contributed by atoms with van der Waals surface area (Å²) in [5, 5.41) is 0. The normalized spacial score (nSPS) is 30.9. The molecule has 0 aliphatic carbocycles. The molecule has 1 saturated heterocycles. The Labute approximate surface area is 108 Å². The van der Waals surface area contributed by atoms with Gasteiger partial charge in [-0.25, -0.2) is 0 Å². The Kier molecular flexibility index (Phi) is 6.30. The molecule has 0 aromatic heterocycles. The molecule has 5 heteroatoms. The molecule has 1 aliphatic rings. The topological polar surface area (TPSA) is 61.6 Å². The van der Waals surface area contributed by atoms with Crippen LogP contribution in [0.3, 0.4) is 0 Å². The van der Waals surface area contributed by atoms with Crippen molar-refractivity contribution in [2.75, 3.05) is 12.0 Å². The standard InChI is InChI=1S/C12H23NO3S/c1-8-6-10(7-9(2)15-8)16-12(14)11(13)4-5-17-3/h8-11H,4-7,13H2,1-3H3. The van der Waals surface area contributed by atoms with Crippen molar-refractivity contribution in [3.63, 3.8) is 0 Å².